The van der Waals surface area contributed by atoms with E-state index in [2.05, 4.69) is 12.2 Å². The molecule has 1 aliphatic heterocycles. The predicted molar refractivity (Wildman–Crippen MR) is 85.8 cm³/mol. The minimum absolute atomic E-state index is 0.424. The van der Waals surface area contributed by atoms with Gasteiger partial charge in [0.1, 0.15) is 0 Å². The molecule has 1 saturated heterocycles. The molecule has 0 aliphatic carbocycles. The quantitative estimate of drug-likeness (QED) is 0.840. The van der Waals surface area contributed by atoms with Crippen LogP contribution in [0.15, 0.2) is 29.2 Å². The zero-order chi connectivity index (χ0) is 15.3. The number of hydrogen-bond acceptors (Lipinski definition) is 3. The molecule has 1 unspecified atom stereocenters. The Morgan fingerprint density at radius 3 is 2.62 bits per heavy atom. The summed E-state index contributed by atoms with van der Waals surface area (Å²) in [6.07, 6.45) is 4.15. The van der Waals surface area contributed by atoms with Crippen LogP contribution in [0.4, 0.5) is 0 Å². The second-order valence-corrected chi connectivity index (χ2v) is 7.74. The Hall–Kier alpha value is -0.910. The fourth-order valence-corrected chi connectivity index (χ4v) is 4.44. The highest BCUT2D eigenvalue weighted by Crippen LogP contribution is 2.26. The molecular weight excluding hydrogens is 284 g/mol. The minimum atomic E-state index is -3.31. The fourth-order valence-electron chi connectivity index (χ4n) is 2.91. The lowest BCUT2D eigenvalue weighted by Crippen LogP contribution is -2.28. The Morgan fingerprint density at radius 2 is 2.00 bits per heavy atom. The molecule has 1 atom stereocenters. The van der Waals surface area contributed by atoms with Crippen LogP contribution in [0.25, 0.3) is 0 Å². The van der Waals surface area contributed by atoms with Crippen molar-refractivity contribution in [2.75, 3.05) is 26.7 Å². The van der Waals surface area contributed by atoms with Crippen molar-refractivity contribution < 1.29 is 8.42 Å². The Morgan fingerprint density at radius 1 is 1.29 bits per heavy atom. The summed E-state index contributed by atoms with van der Waals surface area (Å²) in [5, 5.41) is 3.10. The zero-order valence-corrected chi connectivity index (χ0v) is 13.8. The van der Waals surface area contributed by atoms with Crippen molar-refractivity contribution in [3.05, 3.63) is 29.8 Å². The summed E-state index contributed by atoms with van der Waals surface area (Å²) < 4.78 is 26.9. The monoisotopic (exact) mass is 310 g/mol. The standard InChI is InChI=1S/C16H26N2O2S/c1-3-4-15-10-12-18(13-15)21(19,20)16-7-5-14(6-8-16)9-11-17-2/h5-8,15,17H,3-4,9-13H2,1-2H3. The van der Waals surface area contributed by atoms with Gasteiger partial charge in [-0.2, -0.15) is 4.31 Å². The van der Waals surface area contributed by atoms with Crippen molar-refractivity contribution in [1.29, 1.82) is 0 Å². The zero-order valence-electron chi connectivity index (χ0n) is 13.0. The minimum Gasteiger partial charge on any atom is -0.319 e. The Bertz CT molecular complexity index is 540. The van der Waals surface area contributed by atoms with E-state index in [1.807, 2.05) is 19.2 Å². The molecule has 1 heterocycles. The van der Waals surface area contributed by atoms with E-state index in [4.69, 9.17) is 0 Å². The second-order valence-electron chi connectivity index (χ2n) is 5.80. The molecule has 0 aromatic heterocycles. The summed E-state index contributed by atoms with van der Waals surface area (Å²) in [5.41, 5.74) is 1.16. The van der Waals surface area contributed by atoms with E-state index >= 15 is 0 Å². The molecule has 1 aliphatic rings. The maximum atomic E-state index is 12.6. The second kappa shape index (κ2) is 7.38. The van der Waals surface area contributed by atoms with Crippen LogP contribution in [0.2, 0.25) is 0 Å². The number of benzene rings is 1. The van der Waals surface area contributed by atoms with Gasteiger partial charge in [-0.25, -0.2) is 8.42 Å². The van der Waals surface area contributed by atoms with E-state index < -0.39 is 10.0 Å². The normalized spacial score (nSPS) is 20.0. The van der Waals surface area contributed by atoms with Crippen molar-refractivity contribution in [3.63, 3.8) is 0 Å². The molecular formula is C16H26N2O2S. The molecule has 118 valence electrons. The highest BCUT2D eigenvalue weighted by atomic mass is 32.2. The third-order valence-corrected chi connectivity index (χ3v) is 6.05. The van der Waals surface area contributed by atoms with Crippen molar-refractivity contribution in [2.24, 2.45) is 5.92 Å². The molecule has 1 aromatic carbocycles. The van der Waals surface area contributed by atoms with Crippen LogP contribution >= 0.6 is 0 Å². The van der Waals surface area contributed by atoms with E-state index in [-0.39, 0.29) is 0 Å². The average Bonchev–Trinajstić information content (AvgIpc) is 2.95. The molecule has 1 aromatic rings. The third kappa shape index (κ3) is 4.05. The molecule has 0 bridgehead atoms. The summed E-state index contributed by atoms with van der Waals surface area (Å²) in [6, 6.07) is 7.33. The number of nitrogens with one attached hydrogen (secondary N) is 1. The molecule has 4 nitrogen and oxygen atoms in total. The van der Waals surface area contributed by atoms with E-state index in [0.717, 1.165) is 37.8 Å². The predicted octanol–water partition coefficient (Wildman–Crippen LogP) is 2.26. The molecule has 0 radical (unpaired) electrons. The molecule has 0 amide bonds. The molecule has 0 saturated carbocycles. The Balaban J connectivity index is 2.06. The van der Waals surface area contributed by atoms with Gasteiger partial charge in [0, 0.05) is 13.1 Å². The first-order valence-corrected chi connectivity index (χ1v) is 9.25. The molecule has 21 heavy (non-hydrogen) atoms. The molecule has 5 heteroatoms. The van der Waals surface area contributed by atoms with Crippen molar-refractivity contribution in [3.8, 4) is 0 Å². The van der Waals surface area contributed by atoms with Gasteiger partial charge < -0.3 is 5.32 Å². The number of hydrogen-bond donors (Lipinski definition) is 1. The first kappa shape index (κ1) is 16.5. The first-order valence-electron chi connectivity index (χ1n) is 7.81. The van der Waals surface area contributed by atoms with E-state index in [0.29, 0.717) is 23.9 Å². The SMILES string of the molecule is CCCC1CCN(S(=O)(=O)c2ccc(CCNC)cc2)C1. The number of likely N-dealkylation sites (N-methyl/N-ethyl adjacent to an activating group) is 1. The lowest BCUT2D eigenvalue weighted by atomic mass is 10.0. The van der Waals surface area contributed by atoms with Crippen molar-refractivity contribution in [1.82, 2.24) is 9.62 Å². The van der Waals surface area contributed by atoms with Crippen LogP contribution in [-0.2, 0) is 16.4 Å². The van der Waals surface area contributed by atoms with E-state index in [1.165, 1.54) is 0 Å². The van der Waals surface area contributed by atoms with Crippen LogP contribution in [0.3, 0.4) is 0 Å². The summed E-state index contributed by atoms with van der Waals surface area (Å²) >= 11 is 0. The molecule has 1 fully saturated rings. The molecule has 1 N–H and O–H groups in total. The average molecular weight is 310 g/mol. The van der Waals surface area contributed by atoms with Crippen LogP contribution < -0.4 is 5.32 Å². The Kier molecular flexibility index (Phi) is 5.79. The van der Waals surface area contributed by atoms with Gasteiger partial charge in [0.15, 0.2) is 0 Å². The van der Waals surface area contributed by atoms with Crippen LogP contribution in [0.1, 0.15) is 31.7 Å². The van der Waals surface area contributed by atoms with Gasteiger partial charge in [0.2, 0.25) is 10.0 Å². The topological polar surface area (TPSA) is 49.4 Å². The molecule has 2 rings (SSSR count). The first-order chi connectivity index (χ1) is 10.1. The van der Waals surface area contributed by atoms with Gasteiger partial charge in [-0.3, -0.25) is 0 Å². The van der Waals surface area contributed by atoms with Crippen molar-refractivity contribution in [2.45, 2.75) is 37.5 Å². The summed E-state index contributed by atoms with van der Waals surface area (Å²) in [6.45, 7) is 4.39. The van der Waals surface area contributed by atoms with Crippen LogP contribution in [0.5, 0.6) is 0 Å². The lowest BCUT2D eigenvalue weighted by molar-refractivity contribution is 0.444. The van der Waals surface area contributed by atoms with Gasteiger partial charge in [0.05, 0.1) is 4.90 Å². The van der Waals surface area contributed by atoms with E-state index in [9.17, 15) is 8.42 Å². The summed E-state index contributed by atoms with van der Waals surface area (Å²) in [7, 11) is -1.39. The molecule has 0 spiro atoms. The fraction of sp³-hybridized carbons (Fsp3) is 0.625. The number of nitrogens with zero attached hydrogens (tertiary/aromatic N) is 1. The van der Waals surface area contributed by atoms with Crippen molar-refractivity contribution >= 4 is 10.0 Å². The smallest absolute Gasteiger partial charge is 0.243 e. The third-order valence-electron chi connectivity index (χ3n) is 4.17. The Labute approximate surface area is 128 Å². The van der Waals surface area contributed by atoms with Crippen LogP contribution in [0, 0.1) is 5.92 Å². The lowest BCUT2D eigenvalue weighted by Gasteiger charge is -2.17. The summed E-state index contributed by atoms with van der Waals surface area (Å²) in [4.78, 5) is 0.424. The highest BCUT2D eigenvalue weighted by Gasteiger charge is 2.31. The highest BCUT2D eigenvalue weighted by molar-refractivity contribution is 7.89. The maximum absolute atomic E-state index is 12.6. The number of rotatable bonds is 7. The van der Waals surface area contributed by atoms with Gasteiger partial charge >= 0.3 is 0 Å². The van der Waals surface area contributed by atoms with Gasteiger partial charge in [-0.15, -0.1) is 0 Å². The maximum Gasteiger partial charge on any atom is 0.243 e. The van der Waals surface area contributed by atoms with Gasteiger partial charge in [-0.1, -0.05) is 25.5 Å². The summed E-state index contributed by atoms with van der Waals surface area (Å²) in [5.74, 6) is 0.527. The van der Waals surface area contributed by atoms with Crippen LogP contribution in [-0.4, -0.2) is 39.4 Å². The largest absolute Gasteiger partial charge is 0.319 e. The van der Waals surface area contributed by atoms with E-state index in [1.54, 1.807) is 16.4 Å². The van der Waals surface area contributed by atoms with Gasteiger partial charge in [0.25, 0.3) is 0 Å². The van der Waals surface area contributed by atoms with Gasteiger partial charge in [-0.05, 0) is 56.5 Å². The number of sulfonamides is 1.